The van der Waals surface area contributed by atoms with Gasteiger partial charge in [0.2, 0.25) is 17.7 Å². The van der Waals surface area contributed by atoms with E-state index in [0.717, 1.165) is 44.3 Å². The smallest absolute Gasteiger partial charge is 0.247 e. The lowest BCUT2D eigenvalue weighted by atomic mass is 9.83. The average molecular weight is 568 g/mol. The minimum absolute atomic E-state index is 0.0675. The molecule has 0 spiro atoms. The van der Waals surface area contributed by atoms with Gasteiger partial charge in [-0.25, -0.2) is 0 Å². The van der Waals surface area contributed by atoms with Crippen molar-refractivity contribution in [3.8, 4) is 0 Å². The zero-order valence-corrected chi connectivity index (χ0v) is 25.7. The quantitative estimate of drug-likeness (QED) is 0.144. The van der Waals surface area contributed by atoms with E-state index < -0.39 is 17.9 Å². The van der Waals surface area contributed by atoms with Crippen LogP contribution < -0.4 is 21.7 Å². The Kier molecular flexibility index (Phi) is 14.7. The van der Waals surface area contributed by atoms with Crippen LogP contribution in [0.1, 0.15) is 90.2 Å². The third kappa shape index (κ3) is 10.7. The summed E-state index contributed by atoms with van der Waals surface area (Å²) in [7, 11) is 2.00. The minimum Gasteiger partial charge on any atom is -0.370 e. The van der Waals surface area contributed by atoms with E-state index in [1.807, 2.05) is 13.1 Å². The van der Waals surface area contributed by atoms with Crippen LogP contribution in [-0.4, -0.2) is 54.8 Å². The van der Waals surface area contributed by atoms with E-state index in [1.54, 1.807) is 24.3 Å². The first kappa shape index (κ1) is 34.1. The molecule has 0 saturated carbocycles. The van der Waals surface area contributed by atoms with Gasteiger partial charge in [-0.1, -0.05) is 96.4 Å². The summed E-state index contributed by atoms with van der Waals surface area (Å²) in [5, 5.41) is 8.82. The van der Waals surface area contributed by atoms with Gasteiger partial charge in [0, 0.05) is 35.8 Å². The lowest BCUT2D eigenvalue weighted by Crippen LogP contribution is -2.46. The SMILES string of the molecule is C=C(C(=O)NCC(=O)NC(C(N)=O)c1ccccc1)C(CC(C)C)C1CCCN1C(=C)C(CCCCCCC)NC. The molecule has 4 unspecified atom stereocenters. The number of hydrogen-bond donors (Lipinski definition) is 4. The molecule has 1 aliphatic rings. The van der Waals surface area contributed by atoms with Gasteiger partial charge in [-0.15, -0.1) is 0 Å². The van der Waals surface area contributed by atoms with Gasteiger partial charge < -0.3 is 26.6 Å². The lowest BCUT2D eigenvalue weighted by molar-refractivity contribution is -0.128. The van der Waals surface area contributed by atoms with Gasteiger partial charge in [0.1, 0.15) is 6.04 Å². The second-order valence-electron chi connectivity index (χ2n) is 11.7. The molecule has 0 aromatic heterocycles. The van der Waals surface area contributed by atoms with Crippen LogP contribution in [0.3, 0.4) is 0 Å². The van der Waals surface area contributed by atoms with Crippen LogP contribution in [-0.2, 0) is 14.4 Å². The molecular weight excluding hydrogens is 514 g/mol. The first-order valence-corrected chi connectivity index (χ1v) is 15.3. The Balaban J connectivity index is 2.04. The Bertz CT molecular complexity index is 1010. The van der Waals surface area contributed by atoms with Gasteiger partial charge in [0.05, 0.1) is 6.54 Å². The number of nitrogens with two attached hydrogens (primary N) is 1. The van der Waals surface area contributed by atoms with Crippen LogP contribution in [0, 0.1) is 11.8 Å². The number of nitrogens with zero attached hydrogens (tertiary/aromatic N) is 1. The number of benzene rings is 1. The van der Waals surface area contributed by atoms with E-state index in [2.05, 4.69) is 54.8 Å². The summed E-state index contributed by atoms with van der Waals surface area (Å²) in [5.41, 5.74) is 7.67. The molecule has 1 aromatic carbocycles. The number of likely N-dealkylation sites (tertiary alicyclic amines) is 1. The summed E-state index contributed by atoms with van der Waals surface area (Å²) in [5.74, 6) is -1.21. The van der Waals surface area contributed by atoms with E-state index in [1.165, 1.54) is 25.7 Å². The molecule has 5 N–H and O–H groups in total. The number of likely N-dealkylation sites (N-methyl/N-ethyl adjacent to an activating group) is 1. The molecule has 8 heteroatoms. The van der Waals surface area contributed by atoms with Gasteiger partial charge in [0.15, 0.2) is 0 Å². The summed E-state index contributed by atoms with van der Waals surface area (Å²) in [6.45, 7) is 15.9. The summed E-state index contributed by atoms with van der Waals surface area (Å²) in [6.07, 6.45) is 10.0. The molecule has 1 heterocycles. The van der Waals surface area contributed by atoms with Crippen LogP contribution in [0.5, 0.6) is 0 Å². The predicted octanol–water partition coefficient (Wildman–Crippen LogP) is 4.59. The highest BCUT2D eigenvalue weighted by molar-refractivity contribution is 5.96. The van der Waals surface area contributed by atoms with Crippen molar-refractivity contribution in [1.82, 2.24) is 20.9 Å². The number of unbranched alkanes of at least 4 members (excludes halogenated alkanes) is 4. The van der Waals surface area contributed by atoms with Crippen molar-refractivity contribution in [2.75, 3.05) is 20.1 Å². The lowest BCUT2D eigenvalue weighted by Gasteiger charge is -2.38. The van der Waals surface area contributed by atoms with Crippen LogP contribution in [0.4, 0.5) is 0 Å². The number of primary amides is 1. The van der Waals surface area contributed by atoms with Crippen molar-refractivity contribution in [2.45, 2.75) is 96.7 Å². The molecule has 228 valence electrons. The Labute approximate surface area is 247 Å². The zero-order chi connectivity index (χ0) is 30.4. The van der Waals surface area contributed by atoms with Crippen molar-refractivity contribution in [2.24, 2.45) is 17.6 Å². The number of carbonyl (C=O) groups excluding carboxylic acids is 3. The summed E-state index contributed by atoms with van der Waals surface area (Å²) in [4.78, 5) is 40.3. The largest absolute Gasteiger partial charge is 0.370 e. The van der Waals surface area contributed by atoms with Gasteiger partial charge >= 0.3 is 0 Å². The first-order chi connectivity index (χ1) is 19.6. The van der Waals surface area contributed by atoms with E-state index in [4.69, 9.17) is 5.73 Å². The maximum absolute atomic E-state index is 13.3. The standard InChI is InChI=1S/C33H53N5O3/c1-7-8-9-10-14-18-28(35-6)25(5)38-20-15-19-29(38)27(21-23(2)3)24(4)33(41)36-22-30(39)37-31(32(34)40)26-16-12-11-13-17-26/h11-13,16-17,23,27-29,31,35H,4-5,7-10,14-15,18-22H2,1-3,6H3,(H2,34,40)(H,36,41)(H,37,39). The third-order valence-corrected chi connectivity index (χ3v) is 8.08. The van der Waals surface area contributed by atoms with Crippen molar-refractivity contribution in [3.05, 3.63) is 60.3 Å². The fourth-order valence-electron chi connectivity index (χ4n) is 5.86. The van der Waals surface area contributed by atoms with Crippen LogP contribution in [0.2, 0.25) is 0 Å². The fourth-order valence-corrected chi connectivity index (χ4v) is 5.86. The van der Waals surface area contributed by atoms with Crippen molar-refractivity contribution < 1.29 is 14.4 Å². The highest BCUT2D eigenvalue weighted by Gasteiger charge is 2.37. The second-order valence-corrected chi connectivity index (χ2v) is 11.7. The number of carbonyl (C=O) groups is 3. The number of hydrogen-bond acceptors (Lipinski definition) is 5. The molecule has 0 radical (unpaired) electrons. The monoisotopic (exact) mass is 567 g/mol. The third-order valence-electron chi connectivity index (χ3n) is 8.08. The van der Waals surface area contributed by atoms with E-state index in [0.29, 0.717) is 17.1 Å². The molecule has 3 amide bonds. The van der Waals surface area contributed by atoms with Crippen molar-refractivity contribution in [1.29, 1.82) is 0 Å². The van der Waals surface area contributed by atoms with Crippen molar-refractivity contribution in [3.63, 3.8) is 0 Å². The molecule has 2 rings (SSSR count). The van der Waals surface area contributed by atoms with Gasteiger partial charge in [-0.3, -0.25) is 14.4 Å². The van der Waals surface area contributed by atoms with Crippen LogP contribution >= 0.6 is 0 Å². The molecule has 41 heavy (non-hydrogen) atoms. The predicted molar refractivity (Wildman–Crippen MR) is 167 cm³/mol. The molecule has 8 nitrogen and oxygen atoms in total. The van der Waals surface area contributed by atoms with Gasteiger partial charge in [0.25, 0.3) is 0 Å². The minimum atomic E-state index is -0.970. The topological polar surface area (TPSA) is 117 Å². The van der Waals surface area contributed by atoms with Gasteiger partial charge in [-0.05, 0) is 44.2 Å². The molecule has 1 fully saturated rings. The Morgan fingerprint density at radius 2 is 1.76 bits per heavy atom. The first-order valence-electron chi connectivity index (χ1n) is 15.3. The highest BCUT2D eigenvalue weighted by atomic mass is 16.2. The molecule has 1 aliphatic heterocycles. The molecule has 4 atom stereocenters. The fraction of sp³-hybridized carbons (Fsp3) is 0.606. The van der Waals surface area contributed by atoms with E-state index >= 15 is 0 Å². The van der Waals surface area contributed by atoms with E-state index in [-0.39, 0.29) is 30.5 Å². The summed E-state index contributed by atoms with van der Waals surface area (Å²) in [6, 6.07) is 8.16. The summed E-state index contributed by atoms with van der Waals surface area (Å²) >= 11 is 0. The van der Waals surface area contributed by atoms with Crippen molar-refractivity contribution >= 4 is 17.7 Å². The maximum atomic E-state index is 13.3. The average Bonchev–Trinajstić information content (AvgIpc) is 3.44. The molecule has 0 bridgehead atoms. The second kappa shape index (κ2) is 17.6. The highest BCUT2D eigenvalue weighted by Crippen LogP contribution is 2.36. The zero-order valence-electron chi connectivity index (χ0n) is 25.7. The number of rotatable bonds is 19. The Morgan fingerprint density at radius 1 is 1.07 bits per heavy atom. The van der Waals surface area contributed by atoms with E-state index in [9.17, 15) is 14.4 Å². The number of nitrogens with one attached hydrogen (secondary N) is 3. The molecule has 1 saturated heterocycles. The van der Waals surface area contributed by atoms with Crippen LogP contribution in [0.15, 0.2) is 54.8 Å². The molecule has 1 aromatic rings. The Morgan fingerprint density at radius 3 is 2.37 bits per heavy atom. The Hall–Kier alpha value is -3.13. The molecule has 0 aliphatic carbocycles. The van der Waals surface area contributed by atoms with Crippen LogP contribution in [0.25, 0.3) is 0 Å². The number of amides is 3. The normalized spacial score (nSPS) is 17.1. The maximum Gasteiger partial charge on any atom is 0.247 e. The molecular formula is C33H53N5O3. The summed E-state index contributed by atoms with van der Waals surface area (Å²) < 4.78 is 0. The van der Waals surface area contributed by atoms with Gasteiger partial charge in [-0.2, -0.15) is 0 Å².